The maximum absolute atomic E-state index is 13.1. The molecule has 0 saturated heterocycles. The van der Waals surface area contributed by atoms with Crippen LogP contribution in [0.25, 0.3) is 0 Å². The zero-order valence-electron chi connectivity index (χ0n) is 18.9. The quantitative estimate of drug-likeness (QED) is 0.326. The number of halogens is 2. The lowest BCUT2D eigenvalue weighted by Crippen LogP contribution is -2.43. The van der Waals surface area contributed by atoms with E-state index in [4.69, 9.17) is 32.7 Å². The second kappa shape index (κ2) is 11.6. The van der Waals surface area contributed by atoms with E-state index in [9.17, 15) is 24.3 Å². The molecule has 11 nitrogen and oxygen atoms in total. The van der Waals surface area contributed by atoms with Crippen LogP contribution in [-0.4, -0.2) is 53.1 Å². The Labute approximate surface area is 214 Å². The van der Waals surface area contributed by atoms with Crippen LogP contribution in [0.4, 0.5) is 5.82 Å². The largest absolute Gasteiger partial charge is 0.496 e. The molecular formula is C23H20Cl2N4O7. The zero-order valence-corrected chi connectivity index (χ0v) is 20.4. The summed E-state index contributed by atoms with van der Waals surface area (Å²) in [6, 6.07) is 7.62. The number of carbonyl (C=O) groups is 3. The number of hydrogen-bond donors (Lipinski definition) is 4. The van der Waals surface area contributed by atoms with Gasteiger partial charge >= 0.3 is 11.7 Å². The lowest BCUT2D eigenvalue weighted by molar-refractivity contribution is -0.139. The Balaban J connectivity index is 1.91. The number of carboxylic acids is 1. The van der Waals surface area contributed by atoms with Gasteiger partial charge in [-0.05, 0) is 24.3 Å². The molecule has 0 aliphatic rings. The van der Waals surface area contributed by atoms with Crippen LogP contribution in [-0.2, 0) is 11.2 Å². The number of benzene rings is 2. The van der Waals surface area contributed by atoms with Gasteiger partial charge in [-0.3, -0.25) is 9.59 Å². The summed E-state index contributed by atoms with van der Waals surface area (Å²) in [5.74, 6) is -2.74. The average Bonchev–Trinajstić information content (AvgIpc) is 2.84. The fourth-order valence-corrected chi connectivity index (χ4v) is 3.87. The first-order chi connectivity index (χ1) is 17.2. The van der Waals surface area contributed by atoms with Crippen molar-refractivity contribution in [2.45, 2.75) is 12.5 Å². The molecule has 3 aromatic rings. The van der Waals surface area contributed by atoms with E-state index in [-0.39, 0.29) is 50.5 Å². The molecule has 0 spiro atoms. The van der Waals surface area contributed by atoms with Gasteiger partial charge in [0, 0.05) is 18.2 Å². The first-order valence-corrected chi connectivity index (χ1v) is 11.0. The van der Waals surface area contributed by atoms with Gasteiger partial charge in [-0.15, -0.1) is 0 Å². The number of aromatic nitrogens is 2. The van der Waals surface area contributed by atoms with Crippen LogP contribution in [0.2, 0.25) is 10.0 Å². The van der Waals surface area contributed by atoms with E-state index in [0.29, 0.717) is 0 Å². The lowest BCUT2D eigenvalue weighted by atomic mass is 10.1. The predicted molar refractivity (Wildman–Crippen MR) is 131 cm³/mol. The van der Waals surface area contributed by atoms with Gasteiger partial charge < -0.3 is 30.2 Å². The number of aliphatic carboxylic acids is 1. The van der Waals surface area contributed by atoms with Gasteiger partial charge in [0.05, 0.1) is 29.8 Å². The van der Waals surface area contributed by atoms with E-state index in [1.807, 2.05) is 0 Å². The minimum atomic E-state index is -1.49. The topological polar surface area (TPSA) is 160 Å². The van der Waals surface area contributed by atoms with Crippen molar-refractivity contribution in [2.24, 2.45) is 0 Å². The summed E-state index contributed by atoms with van der Waals surface area (Å²) < 4.78 is 10.5. The van der Waals surface area contributed by atoms with Crippen molar-refractivity contribution in [2.75, 3.05) is 19.5 Å². The fourth-order valence-electron chi connectivity index (χ4n) is 3.30. The monoisotopic (exact) mass is 534 g/mol. The molecule has 13 heteroatoms. The highest BCUT2D eigenvalue weighted by Crippen LogP contribution is 2.29. The number of anilines is 1. The second-order valence-corrected chi connectivity index (χ2v) is 8.05. The molecule has 2 amide bonds. The summed E-state index contributed by atoms with van der Waals surface area (Å²) in [5, 5.41) is 14.6. The summed E-state index contributed by atoms with van der Waals surface area (Å²) in [5.41, 5.74) is -0.731. The summed E-state index contributed by atoms with van der Waals surface area (Å²) in [6.45, 7) is 0. The van der Waals surface area contributed by atoms with Crippen molar-refractivity contribution in [1.82, 2.24) is 15.3 Å². The zero-order chi connectivity index (χ0) is 26.4. The Hall–Kier alpha value is -4.09. The van der Waals surface area contributed by atoms with Gasteiger partial charge in [0.2, 0.25) is 0 Å². The summed E-state index contributed by atoms with van der Waals surface area (Å²) in [7, 11) is 2.74. The minimum absolute atomic E-state index is 0.0342. The standard InChI is InChI=1S/C23H20Cl2N4O7/c1-35-15-7-4-8-16(36-2)18(15)21(31)28-19-11(10-26-23(34)29-19)9-14(22(32)33)27-20(30)17-12(24)5-3-6-13(17)25/h3-8,10,14H,9H2,1-2H3,(H,27,30)(H,32,33)(H2,26,28,29,31,34)/t14-/m0/s1. The molecule has 188 valence electrons. The van der Waals surface area contributed by atoms with E-state index in [1.54, 1.807) is 18.2 Å². The molecule has 1 heterocycles. The number of hydrogen-bond acceptors (Lipinski definition) is 7. The predicted octanol–water partition coefficient (Wildman–Crippen LogP) is 2.77. The molecule has 1 atom stereocenters. The van der Waals surface area contributed by atoms with Crippen LogP contribution in [0, 0.1) is 0 Å². The number of aromatic amines is 1. The first kappa shape index (κ1) is 26.5. The summed E-state index contributed by atoms with van der Waals surface area (Å²) in [4.78, 5) is 55.7. The summed E-state index contributed by atoms with van der Waals surface area (Å²) in [6.07, 6.45) is 0.834. The van der Waals surface area contributed by atoms with Gasteiger partial charge in [-0.2, -0.15) is 4.98 Å². The number of amides is 2. The Morgan fingerprint density at radius 3 is 2.14 bits per heavy atom. The van der Waals surface area contributed by atoms with Crippen LogP contribution in [0.15, 0.2) is 47.4 Å². The third kappa shape index (κ3) is 5.93. The fraction of sp³-hybridized carbons (Fsp3) is 0.174. The molecule has 0 radical (unpaired) electrons. The molecule has 0 saturated carbocycles. The Morgan fingerprint density at radius 2 is 1.58 bits per heavy atom. The van der Waals surface area contributed by atoms with Crippen LogP contribution in [0.5, 0.6) is 11.5 Å². The number of carboxylic acid groups (broad SMARTS) is 1. The van der Waals surface area contributed by atoms with E-state index in [0.717, 1.165) is 0 Å². The number of rotatable bonds is 9. The third-order valence-corrected chi connectivity index (χ3v) is 5.62. The van der Waals surface area contributed by atoms with Crippen molar-refractivity contribution in [3.05, 3.63) is 79.8 Å². The molecule has 0 aliphatic carbocycles. The molecule has 0 aliphatic heterocycles. The lowest BCUT2D eigenvalue weighted by Gasteiger charge is -2.18. The van der Waals surface area contributed by atoms with E-state index in [2.05, 4.69) is 20.6 Å². The van der Waals surface area contributed by atoms with Gasteiger partial charge in [0.25, 0.3) is 11.8 Å². The Kier molecular flexibility index (Phi) is 8.51. The average molecular weight is 535 g/mol. The molecule has 3 rings (SSSR count). The van der Waals surface area contributed by atoms with Crippen molar-refractivity contribution in [3.8, 4) is 11.5 Å². The van der Waals surface area contributed by atoms with E-state index < -0.39 is 29.5 Å². The smallest absolute Gasteiger partial charge is 0.346 e. The van der Waals surface area contributed by atoms with E-state index in [1.165, 1.54) is 38.6 Å². The molecule has 36 heavy (non-hydrogen) atoms. The molecule has 2 aromatic carbocycles. The molecule has 0 fully saturated rings. The second-order valence-electron chi connectivity index (χ2n) is 7.24. The maximum atomic E-state index is 13.1. The summed E-state index contributed by atoms with van der Waals surface area (Å²) >= 11 is 12.1. The van der Waals surface area contributed by atoms with Gasteiger partial charge in [-0.25, -0.2) is 9.59 Å². The van der Waals surface area contributed by atoms with Crippen LogP contribution in [0.3, 0.4) is 0 Å². The third-order valence-electron chi connectivity index (χ3n) is 4.99. The highest BCUT2D eigenvalue weighted by Gasteiger charge is 2.26. The highest BCUT2D eigenvalue weighted by atomic mass is 35.5. The van der Waals surface area contributed by atoms with Crippen LogP contribution < -0.4 is 25.8 Å². The molecular weight excluding hydrogens is 515 g/mol. The number of carbonyl (C=O) groups excluding carboxylic acids is 2. The SMILES string of the molecule is COc1cccc(OC)c1C(=O)Nc1nc(=O)[nH]cc1C[C@H](NC(=O)c1c(Cl)cccc1Cl)C(=O)O. The van der Waals surface area contributed by atoms with Crippen molar-refractivity contribution < 1.29 is 29.0 Å². The minimum Gasteiger partial charge on any atom is -0.496 e. The van der Waals surface area contributed by atoms with E-state index >= 15 is 0 Å². The first-order valence-electron chi connectivity index (χ1n) is 10.2. The van der Waals surface area contributed by atoms with Gasteiger partial charge in [0.1, 0.15) is 28.9 Å². The molecule has 4 N–H and O–H groups in total. The molecule has 0 bridgehead atoms. The Bertz CT molecular complexity index is 1330. The van der Waals surface area contributed by atoms with Crippen molar-refractivity contribution in [1.29, 1.82) is 0 Å². The van der Waals surface area contributed by atoms with Crippen LogP contribution >= 0.6 is 23.2 Å². The number of ether oxygens (including phenoxy) is 2. The Morgan fingerprint density at radius 1 is 1.00 bits per heavy atom. The van der Waals surface area contributed by atoms with Crippen molar-refractivity contribution >= 4 is 46.8 Å². The number of H-pyrrole nitrogens is 1. The number of methoxy groups -OCH3 is 2. The number of nitrogens with zero attached hydrogens (tertiary/aromatic N) is 1. The van der Waals surface area contributed by atoms with Crippen LogP contribution in [0.1, 0.15) is 26.3 Å². The van der Waals surface area contributed by atoms with Gasteiger partial charge in [-0.1, -0.05) is 35.3 Å². The maximum Gasteiger partial charge on any atom is 0.346 e. The van der Waals surface area contributed by atoms with Crippen molar-refractivity contribution in [3.63, 3.8) is 0 Å². The number of nitrogens with one attached hydrogen (secondary N) is 3. The van der Waals surface area contributed by atoms with Gasteiger partial charge in [0.15, 0.2) is 0 Å². The molecule has 0 unspecified atom stereocenters. The highest BCUT2D eigenvalue weighted by molar-refractivity contribution is 6.39. The molecule has 1 aromatic heterocycles. The normalized spacial score (nSPS) is 11.3.